The first-order valence-electron chi connectivity index (χ1n) is 9.37. The highest BCUT2D eigenvalue weighted by atomic mass is 19.1. The largest absolute Gasteiger partial charge is 0.247 e. The topological polar surface area (TPSA) is 30.7 Å². The molecule has 0 saturated heterocycles. The smallest absolute Gasteiger partial charge is 0.123 e. The summed E-state index contributed by atoms with van der Waals surface area (Å²) in [6, 6.07) is 18.9. The molecule has 0 aliphatic carbocycles. The normalized spacial score (nSPS) is 10.7. The Hall–Kier alpha value is -3.71. The van der Waals surface area contributed by atoms with E-state index in [2.05, 4.69) is 34.4 Å². The average molecular weight is 381 g/mol. The van der Waals surface area contributed by atoms with Crippen LogP contribution < -0.4 is 0 Å². The van der Waals surface area contributed by atoms with Crippen molar-refractivity contribution in [2.24, 2.45) is 0 Å². The van der Waals surface area contributed by atoms with Crippen LogP contribution in [0.25, 0.3) is 22.4 Å². The van der Waals surface area contributed by atoms with Crippen LogP contribution >= 0.6 is 0 Å². The zero-order chi connectivity index (χ0) is 20.4. The predicted octanol–water partition coefficient (Wildman–Crippen LogP) is 5.40. The molecule has 4 rings (SSSR count). The van der Waals surface area contributed by atoms with Crippen molar-refractivity contribution in [2.75, 3.05) is 0 Å². The molecule has 142 valence electrons. The van der Waals surface area contributed by atoms with Gasteiger partial charge in [0.1, 0.15) is 11.5 Å². The molecule has 0 unspecified atom stereocenters. The van der Waals surface area contributed by atoms with E-state index in [9.17, 15) is 4.39 Å². The highest BCUT2D eigenvalue weighted by Crippen LogP contribution is 2.37. The van der Waals surface area contributed by atoms with Crippen LogP contribution in [-0.4, -0.2) is 15.0 Å². The van der Waals surface area contributed by atoms with Gasteiger partial charge in [0.15, 0.2) is 0 Å². The molecule has 0 N–H and O–H groups in total. The fraction of sp³-hybridized carbons (Fsp3) is 0.120. The van der Waals surface area contributed by atoms with Crippen molar-refractivity contribution < 1.29 is 4.39 Å². The molecule has 0 radical (unpaired) electrons. The van der Waals surface area contributed by atoms with Crippen molar-refractivity contribution in [1.29, 1.82) is 0 Å². The molecule has 0 saturated carbocycles. The Labute approximate surface area is 169 Å². The first-order chi connectivity index (χ1) is 14.0. The molecule has 0 bridgehead atoms. The minimum atomic E-state index is -0.268. The lowest BCUT2D eigenvalue weighted by Gasteiger charge is -2.14. The van der Waals surface area contributed by atoms with Crippen LogP contribution in [0.15, 0.2) is 66.9 Å². The number of halogens is 1. The SMILES string of the molecule is C#Cc1cc(C)cc(-c2cn(Cc3ccccc3)nn2)c1-c1ccc(F)cc1C. The highest BCUT2D eigenvalue weighted by Gasteiger charge is 2.17. The van der Waals surface area contributed by atoms with Crippen LogP contribution in [0.2, 0.25) is 0 Å². The maximum Gasteiger partial charge on any atom is 0.123 e. The standard InChI is InChI=1S/C25H20FN3/c1-4-20-12-17(2)13-23(25(20)22-11-10-21(26)14-18(22)3)24-16-29(28-27-24)15-19-8-6-5-7-9-19/h1,5-14,16H,15H2,2-3H3. The summed E-state index contributed by atoms with van der Waals surface area (Å²) >= 11 is 0. The van der Waals surface area contributed by atoms with Crippen molar-refractivity contribution in [3.8, 4) is 34.7 Å². The molecule has 0 spiro atoms. The lowest BCUT2D eigenvalue weighted by Crippen LogP contribution is -1.99. The Bertz CT molecular complexity index is 1220. The first kappa shape index (κ1) is 18.6. The molecule has 1 aromatic heterocycles. The molecule has 3 aromatic carbocycles. The third kappa shape index (κ3) is 3.81. The van der Waals surface area contributed by atoms with Gasteiger partial charge in [0.25, 0.3) is 0 Å². The Morgan fingerprint density at radius 1 is 1.00 bits per heavy atom. The number of aryl methyl sites for hydroxylation is 2. The van der Waals surface area contributed by atoms with Crippen molar-refractivity contribution in [3.05, 3.63) is 94.9 Å². The van der Waals surface area contributed by atoms with Crippen LogP contribution in [0.4, 0.5) is 4.39 Å². The summed E-state index contributed by atoms with van der Waals surface area (Å²) in [6.45, 7) is 4.52. The minimum Gasteiger partial charge on any atom is -0.247 e. The van der Waals surface area contributed by atoms with Crippen molar-refractivity contribution in [2.45, 2.75) is 20.4 Å². The molecule has 1 heterocycles. The predicted molar refractivity (Wildman–Crippen MR) is 114 cm³/mol. The molecule has 4 aromatic rings. The second kappa shape index (κ2) is 7.73. The zero-order valence-electron chi connectivity index (χ0n) is 16.4. The minimum absolute atomic E-state index is 0.268. The molecule has 29 heavy (non-hydrogen) atoms. The molecule has 0 fully saturated rings. The van der Waals surface area contributed by atoms with Gasteiger partial charge in [0.2, 0.25) is 0 Å². The van der Waals surface area contributed by atoms with E-state index in [4.69, 9.17) is 6.42 Å². The maximum atomic E-state index is 13.7. The van der Waals surface area contributed by atoms with E-state index in [1.807, 2.05) is 49.0 Å². The van der Waals surface area contributed by atoms with Crippen molar-refractivity contribution >= 4 is 0 Å². The van der Waals surface area contributed by atoms with E-state index in [0.717, 1.165) is 44.6 Å². The van der Waals surface area contributed by atoms with Crippen LogP contribution in [0.5, 0.6) is 0 Å². The third-order valence-electron chi connectivity index (χ3n) is 4.90. The zero-order valence-corrected chi connectivity index (χ0v) is 16.4. The van der Waals surface area contributed by atoms with Gasteiger partial charge in [0.05, 0.1) is 12.7 Å². The van der Waals surface area contributed by atoms with Gasteiger partial charge in [-0.25, -0.2) is 9.07 Å². The molecule has 4 heteroatoms. The van der Waals surface area contributed by atoms with Gasteiger partial charge in [-0.15, -0.1) is 11.5 Å². The maximum absolute atomic E-state index is 13.7. The second-order valence-electron chi connectivity index (χ2n) is 7.13. The van der Waals surface area contributed by atoms with Gasteiger partial charge >= 0.3 is 0 Å². The molecule has 0 aliphatic rings. The van der Waals surface area contributed by atoms with Gasteiger partial charge in [-0.2, -0.15) is 0 Å². The van der Waals surface area contributed by atoms with E-state index < -0.39 is 0 Å². The summed E-state index contributed by atoms with van der Waals surface area (Å²) in [6.07, 6.45) is 7.75. The van der Waals surface area contributed by atoms with Gasteiger partial charge in [0, 0.05) is 16.7 Å². The van der Waals surface area contributed by atoms with Gasteiger partial charge < -0.3 is 0 Å². The van der Waals surface area contributed by atoms with Crippen LogP contribution in [-0.2, 0) is 6.54 Å². The second-order valence-corrected chi connectivity index (χ2v) is 7.13. The number of terminal acetylenes is 1. The van der Waals surface area contributed by atoms with Crippen molar-refractivity contribution in [1.82, 2.24) is 15.0 Å². The van der Waals surface area contributed by atoms with E-state index >= 15 is 0 Å². The summed E-state index contributed by atoms with van der Waals surface area (Å²) in [4.78, 5) is 0. The molecule has 0 aliphatic heterocycles. The first-order valence-corrected chi connectivity index (χ1v) is 9.37. The number of rotatable bonds is 4. The van der Waals surface area contributed by atoms with E-state index in [0.29, 0.717) is 6.54 Å². The highest BCUT2D eigenvalue weighted by molar-refractivity contribution is 5.88. The van der Waals surface area contributed by atoms with Crippen LogP contribution in [0.3, 0.4) is 0 Å². The Balaban J connectivity index is 1.84. The molecule has 0 amide bonds. The molecular weight excluding hydrogens is 361 g/mol. The van der Waals surface area contributed by atoms with Gasteiger partial charge in [-0.1, -0.05) is 47.5 Å². The summed E-state index contributed by atoms with van der Waals surface area (Å²) in [5.74, 6) is 2.52. The Morgan fingerprint density at radius 3 is 2.52 bits per heavy atom. The number of aromatic nitrogens is 3. The molecular formula is C25H20FN3. The van der Waals surface area contributed by atoms with E-state index in [1.165, 1.54) is 12.1 Å². The van der Waals surface area contributed by atoms with E-state index in [-0.39, 0.29) is 5.82 Å². The lowest BCUT2D eigenvalue weighted by molar-refractivity contribution is 0.627. The van der Waals surface area contributed by atoms with Crippen molar-refractivity contribution in [3.63, 3.8) is 0 Å². The number of nitrogens with zero attached hydrogens (tertiary/aromatic N) is 3. The summed E-state index contributed by atoms with van der Waals surface area (Å²) in [5, 5.41) is 8.70. The number of hydrogen-bond acceptors (Lipinski definition) is 2. The Kier molecular flexibility index (Phi) is 4.97. The Morgan fingerprint density at radius 2 is 1.79 bits per heavy atom. The van der Waals surface area contributed by atoms with Gasteiger partial charge in [-0.3, -0.25) is 0 Å². The lowest BCUT2D eigenvalue weighted by atomic mass is 9.89. The summed E-state index contributed by atoms with van der Waals surface area (Å²) in [7, 11) is 0. The van der Waals surface area contributed by atoms with Crippen LogP contribution in [0, 0.1) is 32.0 Å². The fourth-order valence-electron chi connectivity index (χ4n) is 3.57. The molecule has 0 atom stereocenters. The van der Waals surface area contributed by atoms with Gasteiger partial charge in [-0.05, 0) is 60.4 Å². The molecule has 3 nitrogen and oxygen atoms in total. The summed E-state index contributed by atoms with van der Waals surface area (Å²) < 4.78 is 15.5. The fourth-order valence-corrected chi connectivity index (χ4v) is 3.57. The average Bonchev–Trinajstić information content (AvgIpc) is 3.17. The quantitative estimate of drug-likeness (QED) is 0.443. The van der Waals surface area contributed by atoms with E-state index in [1.54, 1.807) is 6.07 Å². The number of hydrogen-bond donors (Lipinski definition) is 0. The monoisotopic (exact) mass is 381 g/mol. The number of benzene rings is 3. The van der Waals surface area contributed by atoms with Crippen LogP contribution in [0.1, 0.15) is 22.3 Å². The third-order valence-corrected chi connectivity index (χ3v) is 4.90. The summed E-state index contributed by atoms with van der Waals surface area (Å²) in [5.41, 5.74) is 7.16.